The van der Waals surface area contributed by atoms with Gasteiger partial charge >= 0.3 is 0 Å². The maximum Gasteiger partial charge on any atom is 0.234 e. The van der Waals surface area contributed by atoms with E-state index in [1.54, 1.807) is 11.8 Å². The quantitative estimate of drug-likeness (QED) is 0.794. The van der Waals surface area contributed by atoms with E-state index in [0.29, 0.717) is 24.3 Å². The summed E-state index contributed by atoms with van der Waals surface area (Å²) in [5.41, 5.74) is 3.90. The molecule has 1 fully saturated rings. The molecule has 1 saturated carbocycles. The third kappa shape index (κ3) is 5.14. The van der Waals surface area contributed by atoms with E-state index in [0.717, 1.165) is 35.3 Å². The molecule has 0 atom stereocenters. The molecule has 1 aromatic heterocycles. The van der Waals surface area contributed by atoms with Gasteiger partial charge in [-0.2, -0.15) is 0 Å². The molecule has 0 radical (unpaired) electrons. The first-order valence-electron chi connectivity index (χ1n) is 9.13. The van der Waals surface area contributed by atoms with Crippen LogP contribution in [0.15, 0.2) is 23.6 Å². The number of hydrogen-bond donors (Lipinski definition) is 1. The van der Waals surface area contributed by atoms with Crippen LogP contribution < -0.4 is 10.2 Å². The van der Waals surface area contributed by atoms with Crippen molar-refractivity contribution in [3.05, 3.63) is 40.4 Å². The van der Waals surface area contributed by atoms with Crippen LogP contribution in [0.4, 0.5) is 10.8 Å². The Morgan fingerprint density at radius 1 is 1.30 bits per heavy atom. The smallest absolute Gasteiger partial charge is 0.234 e. The lowest BCUT2D eigenvalue weighted by Gasteiger charge is -2.20. The van der Waals surface area contributed by atoms with Crippen LogP contribution in [0.3, 0.4) is 0 Å². The van der Waals surface area contributed by atoms with E-state index in [-0.39, 0.29) is 11.8 Å². The first kappa shape index (κ1) is 19.5. The molecule has 1 aromatic carbocycles. The highest BCUT2D eigenvalue weighted by Gasteiger charge is 2.24. The van der Waals surface area contributed by atoms with Crippen molar-refractivity contribution in [2.24, 2.45) is 0 Å². The van der Waals surface area contributed by atoms with Crippen LogP contribution in [-0.4, -0.2) is 41.3 Å². The number of hydrogen-bond acceptors (Lipinski definition) is 5. The van der Waals surface area contributed by atoms with Gasteiger partial charge in [0.1, 0.15) is 0 Å². The number of rotatable bonds is 7. The van der Waals surface area contributed by atoms with Crippen LogP contribution in [-0.2, 0) is 16.1 Å². The molecule has 2 aromatic rings. The topological polar surface area (TPSA) is 65.5 Å². The Kier molecular flexibility index (Phi) is 5.92. The van der Waals surface area contributed by atoms with Gasteiger partial charge in [0.25, 0.3) is 0 Å². The number of nitrogens with zero attached hydrogens (tertiary/aromatic N) is 3. The molecule has 0 aliphatic heterocycles. The van der Waals surface area contributed by atoms with E-state index in [1.807, 2.05) is 43.3 Å². The van der Waals surface area contributed by atoms with E-state index in [2.05, 4.69) is 16.4 Å². The number of benzene rings is 1. The summed E-state index contributed by atoms with van der Waals surface area (Å²) >= 11 is 1.44. The molecule has 1 aliphatic carbocycles. The van der Waals surface area contributed by atoms with Gasteiger partial charge in [0.2, 0.25) is 11.8 Å². The van der Waals surface area contributed by atoms with Gasteiger partial charge in [0.15, 0.2) is 5.13 Å². The van der Waals surface area contributed by atoms with Gasteiger partial charge in [-0.1, -0.05) is 17.7 Å². The molecule has 0 unspecified atom stereocenters. The lowest BCUT2D eigenvalue weighted by molar-refractivity contribution is -0.122. The number of carbonyl (C=O) groups is 2. The summed E-state index contributed by atoms with van der Waals surface area (Å²) in [6.45, 7) is 6.49. The van der Waals surface area contributed by atoms with Gasteiger partial charge in [-0.3, -0.25) is 19.4 Å². The van der Waals surface area contributed by atoms with Gasteiger partial charge in [-0.15, -0.1) is 11.3 Å². The van der Waals surface area contributed by atoms with Crippen LogP contribution in [0.2, 0.25) is 0 Å². The zero-order valence-electron chi connectivity index (χ0n) is 16.3. The maximum atomic E-state index is 12.3. The second kappa shape index (κ2) is 8.19. The molecular weight excluding hydrogens is 360 g/mol. The summed E-state index contributed by atoms with van der Waals surface area (Å²) in [4.78, 5) is 32.5. The summed E-state index contributed by atoms with van der Waals surface area (Å²) in [6.07, 6.45) is 2.18. The van der Waals surface area contributed by atoms with Crippen LogP contribution in [0.5, 0.6) is 0 Å². The first-order chi connectivity index (χ1) is 12.8. The largest absolute Gasteiger partial charge is 0.352 e. The monoisotopic (exact) mass is 386 g/mol. The van der Waals surface area contributed by atoms with Gasteiger partial charge in [0.05, 0.1) is 17.9 Å². The number of nitrogens with one attached hydrogen (secondary N) is 1. The van der Waals surface area contributed by atoms with Gasteiger partial charge in [-0.05, 0) is 45.4 Å². The van der Waals surface area contributed by atoms with E-state index in [1.165, 1.54) is 11.3 Å². The Bertz CT molecular complexity index is 844. The predicted molar refractivity (Wildman–Crippen MR) is 108 cm³/mol. The Balaban J connectivity index is 1.70. The highest BCUT2D eigenvalue weighted by molar-refractivity contribution is 7.14. The highest BCUT2D eigenvalue weighted by Crippen LogP contribution is 2.32. The van der Waals surface area contributed by atoms with Crippen molar-refractivity contribution in [1.82, 2.24) is 15.2 Å². The van der Waals surface area contributed by atoms with Gasteiger partial charge in [0, 0.05) is 24.9 Å². The molecule has 0 saturated heterocycles. The third-order valence-corrected chi connectivity index (χ3v) is 5.30. The third-order valence-electron chi connectivity index (χ3n) is 4.43. The van der Waals surface area contributed by atoms with Crippen molar-refractivity contribution < 1.29 is 9.59 Å². The van der Waals surface area contributed by atoms with E-state index in [4.69, 9.17) is 0 Å². The van der Waals surface area contributed by atoms with E-state index < -0.39 is 0 Å². The number of carbonyl (C=O) groups excluding carboxylic acids is 2. The second-order valence-electron chi connectivity index (χ2n) is 7.28. The Morgan fingerprint density at radius 2 is 2.04 bits per heavy atom. The standard InChI is InChI=1S/C20H26N4O2S/c1-13-5-8-18(14(2)9-13)24(15(3)25)20-22-17(12-27-20)10-23(4)11-19(26)21-16-6-7-16/h5,8-9,12,16H,6-7,10-11H2,1-4H3,(H,21,26). The number of amides is 2. The van der Waals surface area contributed by atoms with Crippen molar-refractivity contribution in [2.45, 2.75) is 46.2 Å². The minimum Gasteiger partial charge on any atom is -0.352 e. The average Bonchev–Trinajstić information content (AvgIpc) is 3.26. The van der Waals surface area contributed by atoms with Crippen LogP contribution >= 0.6 is 11.3 Å². The molecule has 3 rings (SSSR count). The summed E-state index contributed by atoms with van der Waals surface area (Å²) < 4.78 is 0. The molecule has 0 spiro atoms. The average molecular weight is 387 g/mol. The van der Waals surface area contributed by atoms with Crippen molar-refractivity contribution >= 4 is 34.0 Å². The molecule has 2 amide bonds. The number of aromatic nitrogens is 1. The summed E-state index contributed by atoms with van der Waals surface area (Å²) in [5.74, 6) is -0.0175. The molecule has 1 N–H and O–H groups in total. The Hall–Kier alpha value is -2.25. The molecule has 27 heavy (non-hydrogen) atoms. The fourth-order valence-corrected chi connectivity index (χ4v) is 3.88. The minimum absolute atomic E-state index is 0.0519. The fourth-order valence-electron chi connectivity index (χ4n) is 3.01. The summed E-state index contributed by atoms with van der Waals surface area (Å²) in [5, 5.41) is 5.59. The molecule has 7 heteroatoms. The Labute approximate surface area is 164 Å². The van der Waals surface area contributed by atoms with Crippen LogP contribution in [0.1, 0.15) is 36.6 Å². The Morgan fingerprint density at radius 3 is 2.67 bits per heavy atom. The maximum absolute atomic E-state index is 12.3. The number of likely N-dealkylation sites (N-methyl/N-ethyl adjacent to an activating group) is 1. The summed E-state index contributed by atoms with van der Waals surface area (Å²) in [7, 11) is 1.90. The number of anilines is 2. The normalized spacial score (nSPS) is 13.7. The molecule has 0 bridgehead atoms. The zero-order valence-corrected chi connectivity index (χ0v) is 17.1. The zero-order chi connectivity index (χ0) is 19.6. The highest BCUT2D eigenvalue weighted by atomic mass is 32.1. The number of aryl methyl sites for hydroxylation is 2. The molecular formula is C20H26N4O2S. The summed E-state index contributed by atoms with van der Waals surface area (Å²) in [6, 6.07) is 6.39. The molecule has 1 aliphatic rings. The van der Waals surface area contributed by atoms with Gasteiger partial charge in [-0.25, -0.2) is 4.98 Å². The van der Waals surface area contributed by atoms with Crippen LogP contribution in [0, 0.1) is 13.8 Å². The van der Waals surface area contributed by atoms with Crippen molar-refractivity contribution in [3.63, 3.8) is 0 Å². The molecule has 144 valence electrons. The van der Waals surface area contributed by atoms with E-state index >= 15 is 0 Å². The fraction of sp³-hybridized carbons (Fsp3) is 0.450. The SMILES string of the molecule is CC(=O)N(c1nc(CN(C)CC(=O)NC2CC2)cs1)c1ccc(C)cc1C. The lowest BCUT2D eigenvalue weighted by atomic mass is 10.1. The van der Waals surface area contributed by atoms with Crippen LogP contribution in [0.25, 0.3) is 0 Å². The van der Waals surface area contributed by atoms with Gasteiger partial charge < -0.3 is 5.32 Å². The molecule has 1 heterocycles. The van der Waals surface area contributed by atoms with E-state index in [9.17, 15) is 9.59 Å². The lowest BCUT2D eigenvalue weighted by Crippen LogP contribution is -2.36. The molecule has 6 nitrogen and oxygen atoms in total. The number of thiazole rings is 1. The van der Waals surface area contributed by atoms with Crippen molar-refractivity contribution in [1.29, 1.82) is 0 Å². The minimum atomic E-state index is -0.0694. The van der Waals surface area contributed by atoms with Crippen molar-refractivity contribution in [2.75, 3.05) is 18.5 Å². The first-order valence-corrected chi connectivity index (χ1v) is 10.0. The predicted octanol–water partition coefficient (Wildman–Crippen LogP) is 3.15. The van der Waals surface area contributed by atoms with Crippen molar-refractivity contribution in [3.8, 4) is 0 Å². The second-order valence-corrected chi connectivity index (χ2v) is 8.12.